The largest absolute Gasteiger partial charge is 0.481 e. The molecule has 1 fully saturated rings. The first-order chi connectivity index (χ1) is 15.4. The number of hydrogen-bond donors (Lipinski definition) is 1. The maximum absolute atomic E-state index is 11.2. The summed E-state index contributed by atoms with van der Waals surface area (Å²) in [5.41, 5.74) is 5.01. The predicted molar refractivity (Wildman–Crippen MR) is 123 cm³/mol. The van der Waals surface area contributed by atoms with Crippen molar-refractivity contribution in [1.82, 2.24) is 19.4 Å². The summed E-state index contributed by atoms with van der Waals surface area (Å²) in [7, 11) is 3.96. The molecule has 1 N–H and O–H groups in total. The van der Waals surface area contributed by atoms with E-state index < -0.39 is 5.97 Å². The van der Waals surface area contributed by atoms with E-state index in [-0.39, 0.29) is 12.0 Å². The molecule has 0 aliphatic carbocycles. The number of carboxylic acids is 1. The van der Waals surface area contributed by atoms with Gasteiger partial charge in [0.1, 0.15) is 17.4 Å². The average Bonchev–Trinajstić information content (AvgIpc) is 3.19. The van der Waals surface area contributed by atoms with Crippen molar-refractivity contribution < 1.29 is 9.90 Å². The van der Waals surface area contributed by atoms with Crippen LogP contribution in [-0.4, -0.2) is 50.6 Å². The van der Waals surface area contributed by atoms with Gasteiger partial charge in [0.2, 0.25) is 0 Å². The first kappa shape index (κ1) is 21.8. The lowest BCUT2D eigenvalue weighted by molar-refractivity contribution is -0.143. The molecule has 1 aliphatic rings. The fourth-order valence-corrected chi connectivity index (χ4v) is 4.48. The number of carboxylic acid groups (broad SMARTS) is 1. The number of piperidine rings is 1. The molecule has 8 nitrogen and oxygen atoms in total. The summed E-state index contributed by atoms with van der Waals surface area (Å²) >= 11 is 0. The van der Waals surface area contributed by atoms with Crippen LogP contribution in [0.4, 0.5) is 11.5 Å². The van der Waals surface area contributed by atoms with E-state index in [1.807, 2.05) is 30.8 Å². The number of nitriles is 1. The minimum atomic E-state index is -0.739. The lowest BCUT2D eigenvalue weighted by atomic mass is 9.94. The van der Waals surface area contributed by atoms with Gasteiger partial charge in [0.05, 0.1) is 30.0 Å². The van der Waals surface area contributed by atoms with E-state index in [9.17, 15) is 15.2 Å². The smallest absolute Gasteiger partial charge is 0.306 e. The first-order valence-corrected chi connectivity index (χ1v) is 10.9. The quantitative estimate of drug-likeness (QED) is 0.635. The van der Waals surface area contributed by atoms with Crippen LogP contribution < -0.4 is 4.90 Å². The van der Waals surface area contributed by atoms with Crippen LogP contribution >= 0.6 is 0 Å². The molecule has 1 aromatic carbocycles. The summed E-state index contributed by atoms with van der Waals surface area (Å²) in [6.45, 7) is 3.34. The minimum absolute atomic E-state index is 0.308. The first-order valence-electron chi connectivity index (χ1n) is 10.9. The van der Waals surface area contributed by atoms with Crippen LogP contribution in [0.5, 0.6) is 0 Å². The number of rotatable bonds is 6. The fraction of sp³-hybridized carbons (Fsp3) is 0.417. The van der Waals surface area contributed by atoms with Crippen molar-refractivity contribution in [1.29, 1.82) is 5.26 Å². The van der Waals surface area contributed by atoms with Gasteiger partial charge in [-0.15, -0.1) is 0 Å². The number of likely N-dealkylation sites (tertiary alicyclic amines) is 1. The molecular formula is C24H28N6O2. The maximum atomic E-state index is 11.2. The molecule has 1 saturated heterocycles. The lowest BCUT2D eigenvalue weighted by Crippen LogP contribution is -2.38. The van der Waals surface area contributed by atoms with Gasteiger partial charge in [0.25, 0.3) is 0 Å². The molecule has 8 heteroatoms. The molecule has 1 atom stereocenters. The summed E-state index contributed by atoms with van der Waals surface area (Å²) < 4.78 is 1.98. The summed E-state index contributed by atoms with van der Waals surface area (Å²) in [6, 6.07) is 10.2. The van der Waals surface area contributed by atoms with Crippen molar-refractivity contribution in [3.05, 3.63) is 47.9 Å². The molecule has 32 heavy (non-hydrogen) atoms. The Labute approximate surface area is 187 Å². The van der Waals surface area contributed by atoms with E-state index in [4.69, 9.17) is 0 Å². The molecule has 0 saturated carbocycles. The molecule has 0 amide bonds. The topological polar surface area (TPSA) is 98.3 Å². The molecule has 2 aromatic heterocycles. The Morgan fingerprint density at radius 3 is 2.72 bits per heavy atom. The number of hydrogen-bond acceptors (Lipinski definition) is 6. The number of anilines is 2. The van der Waals surface area contributed by atoms with Gasteiger partial charge in [-0.1, -0.05) is 19.1 Å². The zero-order valence-corrected chi connectivity index (χ0v) is 18.7. The van der Waals surface area contributed by atoms with E-state index in [0.29, 0.717) is 25.9 Å². The monoisotopic (exact) mass is 432 g/mol. The summed E-state index contributed by atoms with van der Waals surface area (Å²) in [5, 5.41) is 19.1. The highest BCUT2D eigenvalue weighted by Gasteiger charge is 2.29. The molecule has 3 aromatic rings. The van der Waals surface area contributed by atoms with Gasteiger partial charge in [-0.05, 0) is 36.5 Å². The molecule has 0 spiro atoms. The van der Waals surface area contributed by atoms with E-state index in [2.05, 4.69) is 44.9 Å². The van der Waals surface area contributed by atoms with Crippen LogP contribution in [0.3, 0.4) is 0 Å². The highest BCUT2D eigenvalue weighted by Crippen LogP contribution is 2.33. The van der Waals surface area contributed by atoms with Gasteiger partial charge in [0.15, 0.2) is 0 Å². The summed E-state index contributed by atoms with van der Waals surface area (Å²) in [6.07, 6.45) is 5.55. The van der Waals surface area contributed by atoms with E-state index in [1.54, 1.807) is 12.5 Å². The molecule has 0 radical (unpaired) electrons. The van der Waals surface area contributed by atoms with Crippen LogP contribution in [0.25, 0.3) is 11.0 Å². The van der Waals surface area contributed by atoms with Crippen LogP contribution in [0, 0.1) is 17.2 Å². The third-order valence-electron chi connectivity index (χ3n) is 6.47. The van der Waals surface area contributed by atoms with Gasteiger partial charge in [-0.2, -0.15) is 5.26 Å². The van der Waals surface area contributed by atoms with Crippen LogP contribution in [0.15, 0.2) is 36.8 Å². The van der Waals surface area contributed by atoms with Crippen molar-refractivity contribution in [3.63, 3.8) is 0 Å². The molecule has 4 rings (SSSR count). The number of aromatic nitrogens is 3. The third kappa shape index (κ3) is 4.04. The Bertz CT molecular complexity index is 1170. The van der Waals surface area contributed by atoms with Crippen molar-refractivity contribution in [2.24, 2.45) is 13.0 Å². The predicted octanol–water partition coefficient (Wildman–Crippen LogP) is 3.66. The number of pyridine rings is 1. The zero-order valence-electron chi connectivity index (χ0n) is 18.7. The number of benzene rings is 1. The zero-order chi connectivity index (χ0) is 22.8. The Morgan fingerprint density at radius 1 is 1.31 bits per heavy atom. The maximum Gasteiger partial charge on any atom is 0.306 e. The Kier molecular flexibility index (Phi) is 6.10. The molecule has 1 aliphatic heterocycles. The van der Waals surface area contributed by atoms with E-state index in [1.165, 1.54) is 0 Å². The van der Waals surface area contributed by atoms with Crippen LogP contribution in [0.2, 0.25) is 0 Å². The molecule has 1 unspecified atom stereocenters. The molecule has 0 bridgehead atoms. The highest BCUT2D eigenvalue weighted by atomic mass is 16.4. The molecular weight excluding hydrogens is 404 g/mol. The van der Waals surface area contributed by atoms with Gasteiger partial charge >= 0.3 is 5.97 Å². The Balaban J connectivity index is 1.59. The number of imidazole rings is 1. The Hall–Kier alpha value is -3.44. The van der Waals surface area contributed by atoms with Crippen molar-refractivity contribution in [3.8, 4) is 6.07 Å². The van der Waals surface area contributed by atoms with Crippen molar-refractivity contribution in [2.75, 3.05) is 25.0 Å². The number of carbonyl (C=O) groups is 1. The average molecular weight is 433 g/mol. The highest BCUT2D eigenvalue weighted by molar-refractivity contribution is 5.79. The van der Waals surface area contributed by atoms with Gasteiger partial charge < -0.3 is 14.6 Å². The summed E-state index contributed by atoms with van der Waals surface area (Å²) in [5.74, 6) is -0.218. The standard InChI is InChI=1S/C24H28N6O2/c1-4-16-11-18(22(13-25)30-9-7-17(8-10-30)24(31)32)5-6-20(16)29(3)23-12-21-19(14-26-23)27-15-28(21)2/h5-6,11-12,14-15,17,22H,4,7-10H2,1-3H3,(H,31,32). The number of aryl methyl sites for hydroxylation is 2. The van der Waals surface area contributed by atoms with Crippen LogP contribution in [-0.2, 0) is 18.3 Å². The van der Waals surface area contributed by atoms with E-state index >= 15 is 0 Å². The third-order valence-corrected chi connectivity index (χ3v) is 6.47. The SMILES string of the molecule is CCc1cc(C(C#N)N2CCC(C(=O)O)CC2)ccc1N(C)c1cc2c(cn1)ncn2C. The Morgan fingerprint density at radius 2 is 2.06 bits per heavy atom. The van der Waals surface area contributed by atoms with E-state index in [0.717, 1.165) is 40.1 Å². The second kappa shape index (κ2) is 8.97. The molecule has 166 valence electrons. The molecule has 3 heterocycles. The number of aliphatic carboxylic acids is 1. The number of nitrogens with zero attached hydrogens (tertiary/aromatic N) is 6. The number of fused-ring (bicyclic) bond motifs is 1. The van der Waals surface area contributed by atoms with Gasteiger partial charge in [-0.25, -0.2) is 9.97 Å². The lowest BCUT2D eigenvalue weighted by Gasteiger charge is -2.33. The summed E-state index contributed by atoms with van der Waals surface area (Å²) in [4.78, 5) is 24.3. The van der Waals surface area contributed by atoms with Crippen molar-refractivity contribution >= 4 is 28.5 Å². The van der Waals surface area contributed by atoms with Gasteiger partial charge in [0, 0.05) is 38.9 Å². The van der Waals surface area contributed by atoms with Gasteiger partial charge in [-0.3, -0.25) is 9.69 Å². The van der Waals surface area contributed by atoms with Crippen LogP contribution in [0.1, 0.15) is 36.9 Å². The second-order valence-corrected chi connectivity index (χ2v) is 8.37. The second-order valence-electron chi connectivity index (χ2n) is 8.37. The minimum Gasteiger partial charge on any atom is -0.481 e. The fourth-order valence-electron chi connectivity index (χ4n) is 4.48. The van der Waals surface area contributed by atoms with Crippen molar-refractivity contribution in [2.45, 2.75) is 32.2 Å². The normalized spacial score (nSPS) is 16.1.